The molecule has 0 radical (unpaired) electrons. The SMILES string of the molecule is c1ccc2c(c1)-c1cccnc1C21c2ccccc2-c2c1ccc1ccccc21. The highest BCUT2D eigenvalue weighted by Crippen LogP contribution is 2.62. The number of hydrogen-bond donors (Lipinski definition) is 0. The summed E-state index contributed by atoms with van der Waals surface area (Å²) in [5.41, 5.74) is 10.1. The third-order valence-corrected chi connectivity index (χ3v) is 6.72. The Kier molecular flexibility index (Phi) is 2.74. The molecule has 1 atom stereocenters. The smallest absolute Gasteiger partial charge is 0.0898 e. The molecule has 5 aromatic rings. The van der Waals surface area contributed by atoms with Crippen LogP contribution in [0.1, 0.15) is 22.4 Å². The van der Waals surface area contributed by atoms with Crippen LogP contribution in [0.25, 0.3) is 33.0 Å². The van der Waals surface area contributed by atoms with Gasteiger partial charge >= 0.3 is 0 Å². The van der Waals surface area contributed by atoms with Gasteiger partial charge < -0.3 is 0 Å². The van der Waals surface area contributed by atoms with Crippen LogP contribution in [0.15, 0.2) is 103 Å². The van der Waals surface area contributed by atoms with Crippen LogP contribution in [0.2, 0.25) is 0 Å². The van der Waals surface area contributed by atoms with E-state index in [1.165, 1.54) is 49.7 Å². The first-order valence-electron chi connectivity index (χ1n) is 10.1. The highest BCUT2D eigenvalue weighted by molar-refractivity contribution is 6.05. The van der Waals surface area contributed by atoms with E-state index >= 15 is 0 Å². The number of pyridine rings is 1. The van der Waals surface area contributed by atoms with E-state index in [0.717, 1.165) is 5.69 Å². The Bertz CT molecular complexity index is 1420. The van der Waals surface area contributed by atoms with Crippen molar-refractivity contribution in [3.63, 3.8) is 0 Å². The molecule has 1 unspecified atom stereocenters. The van der Waals surface area contributed by atoms with Crippen molar-refractivity contribution < 1.29 is 0 Å². The molecule has 2 aliphatic rings. The van der Waals surface area contributed by atoms with E-state index in [1.807, 2.05) is 6.20 Å². The fourth-order valence-electron chi connectivity index (χ4n) is 5.69. The van der Waals surface area contributed by atoms with Crippen molar-refractivity contribution in [1.29, 1.82) is 0 Å². The van der Waals surface area contributed by atoms with Crippen LogP contribution in [0.4, 0.5) is 0 Å². The number of fused-ring (bicyclic) bond motifs is 12. The Morgan fingerprint density at radius 2 is 1.21 bits per heavy atom. The zero-order valence-electron chi connectivity index (χ0n) is 15.8. The molecule has 1 spiro atoms. The predicted octanol–water partition coefficient (Wildman–Crippen LogP) is 6.58. The molecule has 0 N–H and O–H groups in total. The summed E-state index contributed by atoms with van der Waals surface area (Å²) in [6.07, 6.45) is 1.94. The van der Waals surface area contributed by atoms with E-state index < -0.39 is 0 Å². The average Bonchev–Trinajstić information content (AvgIpc) is 3.27. The number of hydrogen-bond acceptors (Lipinski definition) is 1. The maximum Gasteiger partial charge on any atom is 0.0898 e. The highest BCUT2D eigenvalue weighted by atomic mass is 14.7. The van der Waals surface area contributed by atoms with Crippen LogP contribution in [-0.2, 0) is 5.41 Å². The molecule has 0 saturated heterocycles. The van der Waals surface area contributed by atoms with Gasteiger partial charge in [0.2, 0.25) is 0 Å². The van der Waals surface area contributed by atoms with Crippen molar-refractivity contribution in [3.05, 3.63) is 126 Å². The first-order valence-corrected chi connectivity index (χ1v) is 10.1. The van der Waals surface area contributed by atoms with Gasteiger partial charge in [0.1, 0.15) is 0 Å². The summed E-state index contributed by atoms with van der Waals surface area (Å²) < 4.78 is 0. The molecule has 1 heterocycles. The minimum absolute atomic E-state index is 0.344. The molecular weight excluding hydrogens is 350 g/mol. The van der Waals surface area contributed by atoms with Crippen LogP contribution in [0, 0.1) is 0 Å². The minimum atomic E-state index is -0.344. The third kappa shape index (κ3) is 1.66. The zero-order chi connectivity index (χ0) is 19.0. The summed E-state index contributed by atoms with van der Waals surface area (Å²) in [5, 5.41) is 2.60. The number of benzene rings is 4. The van der Waals surface area contributed by atoms with Gasteiger partial charge in [-0.15, -0.1) is 0 Å². The van der Waals surface area contributed by atoms with Crippen LogP contribution in [-0.4, -0.2) is 4.98 Å². The Morgan fingerprint density at radius 1 is 0.517 bits per heavy atom. The molecule has 29 heavy (non-hydrogen) atoms. The van der Waals surface area contributed by atoms with Crippen molar-refractivity contribution in [1.82, 2.24) is 4.98 Å². The molecule has 4 aromatic carbocycles. The van der Waals surface area contributed by atoms with E-state index in [0.29, 0.717) is 0 Å². The first kappa shape index (κ1) is 15.2. The summed E-state index contributed by atoms with van der Waals surface area (Å²) in [7, 11) is 0. The quantitative estimate of drug-likeness (QED) is 0.295. The van der Waals surface area contributed by atoms with Crippen molar-refractivity contribution >= 4 is 10.8 Å². The van der Waals surface area contributed by atoms with Gasteiger partial charge in [-0.3, -0.25) is 4.98 Å². The molecule has 7 rings (SSSR count). The van der Waals surface area contributed by atoms with Crippen molar-refractivity contribution in [2.24, 2.45) is 0 Å². The van der Waals surface area contributed by atoms with Crippen LogP contribution >= 0.6 is 0 Å². The van der Waals surface area contributed by atoms with Gasteiger partial charge in [-0.2, -0.15) is 0 Å². The summed E-state index contributed by atoms with van der Waals surface area (Å²) in [6.45, 7) is 0. The summed E-state index contributed by atoms with van der Waals surface area (Å²) in [4.78, 5) is 4.99. The lowest BCUT2D eigenvalue weighted by atomic mass is 9.72. The third-order valence-electron chi connectivity index (χ3n) is 6.72. The van der Waals surface area contributed by atoms with E-state index in [-0.39, 0.29) is 5.41 Å². The molecule has 1 aromatic heterocycles. The summed E-state index contributed by atoms with van der Waals surface area (Å²) in [6, 6.07) is 35.3. The van der Waals surface area contributed by atoms with Crippen LogP contribution in [0.3, 0.4) is 0 Å². The van der Waals surface area contributed by atoms with Crippen LogP contribution < -0.4 is 0 Å². The molecule has 0 fully saturated rings. The number of nitrogens with zero attached hydrogens (tertiary/aromatic N) is 1. The summed E-state index contributed by atoms with van der Waals surface area (Å²) >= 11 is 0. The molecule has 0 amide bonds. The Morgan fingerprint density at radius 3 is 2.10 bits per heavy atom. The molecule has 134 valence electrons. The molecule has 1 nitrogen and oxygen atoms in total. The van der Waals surface area contributed by atoms with Crippen LogP contribution in [0.5, 0.6) is 0 Å². The molecule has 0 bridgehead atoms. The highest BCUT2D eigenvalue weighted by Gasteiger charge is 2.52. The standard InChI is InChI=1S/C28H17N/c1-2-9-19-18(8-1)15-16-25-26(19)22-11-4-6-14-24(22)28(25)23-13-5-3-10-20(23)21-12-7-17-29-27(21)28/h1-17H. The van der Waals surface area contributed by atoms with Crippen molar-refractivity contribution in [2.75, 3.05) is 0 Å². The van der Waals surface area contributed by atoms with Crippen molar-refractivity contribution in [2.45, 2.75) is 5.41 Å². The molecular formula is C28H17N. The van der Waals surface area contributed by atoms with E-state index in [2.05, 4.69) is 97.1 Å². The zero-order valence-corrected chi connectivity index (χ0v) is 15.8. The lowest BCUT2D eigenvalue weighted by molar-refractivity contribution is 0.761. The number of aromatic nitrogens is 1. The van der Waals surface area contributed by atoms with Gasteiger partial charge in [-0.05, 0) is 50.2 Å². The lowest BCUT2D eigenvalue weighted by Crippen LogP contribution is -2.26. The second-order valence-corrected chi connectivity index (χ2v) is 7.95. The Hall–Kier alpha value is -3.71. The molecule has 0 saturated carbocycles. The van der Waals surface area contributed by atoms with Crippen molar-refractivity contribution in [3.8, 4) is 22.3 Å². The predicted molar refractivity (Wildman–Crippen MR) is 118 cm³/mol. The minimum Gasteiger partial charge on any atom is -0.259 e. The van der Waals surface area contributed by atoms with Gasteiger partial charge in [0, 0.05) is 11.8 Å². The monoisotopic (exact) mass is 367 g/mol. The van der Waals surface area contributed by atoms with Gasteiger partial charge in [-0.1, -0.05) is 91.0 Å². The van der Waals surface area contributed by atoms with E-state index in [9.17, 15) is 0 Å². The van der Waals surface area contributed by atoms with Gasteiger partial charge in [0.05, 0.1) is 11.1 Å². The normalized spacial score (nSPS) is 17.8. The first-order chi connectivity index (χ1) is 14.4. The average molecular weight is 367 g/mol. The van der Waals surface area contributed by atoms with Gasteiger partial charge in [-0.25, -0.2) is 0 Å². The van der Waals surface area contributed by atoms with Gasteiger partial charge in [0.25, 0.3) is 0 Å². The van der Waals surface area contributed by atoms with E-state index in [1.54, 1.807) is 0 Å². The Balaban J connectivity index is 1.76. The fraction of sp³-hybridized carbons (Fsp3) is 0.0357. The summed E-state index contributed by atoms with van der Waals surface area (Å²) in [5.74, 6) is 0. The van der Waals surface area contributed by atoms with E-state index in [4.69, 9.17) is 4.98 Å². The largest absolute Gasteiger partial charge is 0.259 e. The second kappa shape index (κ2) is 5.21. The number of rotatable bonds is 0. The maximum absolute atomic E-state index is 4.99. The van der Waals surface area contributed by atoms with Gasteiger partial charge in [0.15, 0.2) is 0 Å². The Labute approximate surface area is 169 Å². The second-order valence-electron chi connectivity index (χ2n) is 7.95. The topological polar surface area (TPSA) is 12.9 Å². The molecule has 1 heteroatoms. The lowest BCUT2D eigenvalue weighted by Gasteiger charge is -2.29. The maximum atomic E-state index is 4.99. The fourth-order valence-corrected chi connectivity index (χ4v) is 5.69. The molecule has 2 aliphatic carbocycles. The molecule has 0 aliphatic heterocycles.